The van der Waals surface area contributed by atoms with Crippen molar-refractivity contribution in [3.8, 4) is 0 Å². The Morgan fingerprint density at radius 2 is 2.06 bits per heavy atom. The van der Waals surface area contributed by atoms with Crippen molar-refractivity contribution < 1.29 is 9.90 Å². The molecule has 1 aromatic carbocycles. The molecule has 0 aromatic heterocycles. The highest BCUT2D eigenvalue weighted by Crippen LogP contribution is 2.32. The first kappa shape index (κ1) is 11.1. The van der Waals surface area contributed by atoms with E-state index in [1.165, 1.54) is 0 Å². The third kappa shape index (κ3) is 2.23. The van der Waals surface area contributed by atoms with Gasteiger partial charge < -0.3 is 16.2 Å². The zero-order valence-corrected chi connectivity index (χ0v) is 9.02. The van der Waals surface area contributed by atoms with Crippen molar-refractivity contribution in [3.63, 3.8) is 0 Å². The van der Waals surface area contributed by atoms with Crippen LogP contribution in [0.25, 0.3) is 0 Å². The number of nitrogens with two attached hydrogens (primary N) is 1. The number of amides is 1. The van der Waals surface area contributed by atoms with Crippen LogP contribution in [-0.4, -0.2) is 23.2 Å². The number of aliphatic hydroxyl groups excluding tert-OH is 1. The highest BCUT2D eigenvalue weighted by Gasteiger charge is 2.46. The molecule has 1 saturated carbocycles. The Kier molecular flexibility index (Phi) is 2.94. The second kappa shape index (κ2) is 4.23. The molecule has 0 unspecified atom stereocenters. The van der Waals surface area contributed by atoms with Crippen LogP contribution in [0.15, 0.2) is 30.3 Å². The number of rotatable bonds is 4. The van der Waals surface area contributed by atoms with Gasteiger partial charge >= 0.3 is 0 Å². The van der Waals surface area contributed by atoms with Crippen LogP contribution in [0.5, 0.6) is 0 Å². The number of hydrogen-bond donors (Lipinski definition) is 3. The summed E-state index contributed by atoms with van der Waals surface area (Å²) in [6.45, 7) is -0.119. The van der Waals surface area contributed by atoms with Gasteiger partial charge in [0.2, 0.25) is 5.91 Å². The Balaban J connectivity index is 2.04. The van der Waals surface area contributed by atoms with Crippen LogP contribution in [-0.2, 0) is 4.79 Å². The van der Waals surface area contributed by atoms with E-state index in [1.54, 1.807) is 0 Å². The maximum absolute atomic E-state index is 11.7. The Bertz CT molecular complexity index is 374. The summed E-state index contributed by atoms with van der Waals surface area (Å²) in [4.78, 5) is 11.7. The number of benzene rings is 1. The summed E-state index contributed by atoms with van der Waals surface area (Å²) < 4.78 is 0. The third-order valence-electron chi connectivity index (χ3n) is 2.93. The molecule has 86 valence electrons. The maximum Gasteiger partial charge on any atom is 0.240 e. The predicted molar refractivity (Wildman–Crippen MR) is 60.6 cm³/mol. The highest BCUT2D eigenvalue weighted by atomic mass is 16.3. The summed E-state index contributed by atoms with van der Waals surface area (Å²) in [5.74, 6) is -0.171. The Labute approximate surface area is 94.5 Å². The van der Waals surface area contributed by atoms with E-state index in [1.807, 2.05) is 30.3 Å². The van der Waals surface area contributed by atoms with E-state index in [2.05, 4.69) is 5.32 Å². The molecule has 0 spiro atoms. The van der Waals surface area contributed by atoms with Crippen LogP contribution in [0.3, 0.4) is 0 Å². The number of carbonyl (C=O) groups is 1. The molecule has 16 heavy (non-hydrogen) atoms. The molecule has 0 radical (unpaired) electrons. The molecule has 1 aromatic rings. The maximum atomic E-state index is 11.7. The standard InChI is InChI=1S/C12H16N2O2/c13-12(6-7-12)11(16)14-10(8-15)9-4-2-1-3-5-9/h1-5,10,15H,6-8,13H2,(H,14,16)/t10-/m0/s1. The van der Waals surface area contributed by atoms with Gasteiger partial charge in [-0.1, -0.05) is 30.3 Å². The lowest BCUT2D eigenvalue weighted by atomic mass is 10.1. The van der Waals surface area contributed by atoms with Crippen LogP contribution in [0.4, 0.5) is 0 Å². The predicted octanol–water partition coefficient (Wildman–Crippen LogP) is 0.327. The summed E-state index contributed by atoms with van der Waals surface area (Å²) in [5.41, 5.74) is 5.98. The van der Waals surface area contributed by atoms with Gasteiger partial charge in [0.15, 0.2) is 0 Å². The Morgan fingerprint density at radius 1 is 1.44 bits per heavy atom. The molecular formula is C12H16N2O2. The minimum atomic E-state index is -0.692. The van der Waals surface area contributed by atoms with E-state index in [9.17, 15) is 9.90 Å². The van der Waals surface area contributed by atoms with Crippen LogP contribution in [0.1, 0.15) is 24.4 Å². The molecule has 4 heteroatoms. The normalized spacial score (nSPS) is 18.9. The SMILES string of the molecule is NC1(C(=O)N[C@@H](CO)c2ccccc2)CC1. The molecule has 2 rings (SSSR count). The third-order valence-corrected chi connectivity index (χ3v) is 2.93. The fourth-order valence-corrected chi connectivity index (χ4v) is 1.58. The molecule has 1 aliphatic carbocycles. The van der Waals surface area contributed by atoms with Crippen LogP contribution >= 0.6 is 0 Å². The second-order valence-corrected chi connectivity index (χ2v) is 4.28. The number of aliphatic hydroxyl groups is 1. The Morgan fingerprint density at radius 3 is 2.56 bits per heavy atom. The molecule has 1 fully saturated rings. The van der Waals surface area contributed by atoms with Crippen molar-refractivity contribution in [3.05, 3.63) is 35.9 Å². The first-order valence-corrected chi connectivity index (χ1v) is 5.41. The van der Waals surface area contributed by atoms with Crippen LogP contribution in [0, 0.1) is 0 Å². The fourth-order valence-electron chi connectivity index (χ4n) is 1.58. The monoisotopic (exact) mass is 220 g/mol. The Hall–Kier alpha value is -1.39. The molecule has 0 bridgehead atoms. The van der Waals surface area contributed by atoms with E-state index in [4.69, 9.17) is 5.73 Å². The van der Waals surface area contributed by atoms with E-state index in [0.29, 0.717) is 0 Å². The van der Waals surface area contributed by atoms with E-state index < -0.39 is 5.54 Å². The van der Waals surface area contributed by atoms with Gasteiger partial charge in [-0.25, -0.2) is 0 Å². The van der Waals surface area contributed by atoms with Crippen molar-refractivity contribution in [1.82, 2.24) is 5.32 Å². The lowest BCUT2D eigenvalue weighted by Crippen LogP contribution is -2.45. The topological polar surface area (TPSA) is 75.4 Å². The first-order chi connectivity index (χ1) is 7.65. The molecule has 0 heterocycles. The van der Waals surface area contributed by atoms with Gasteiger partial charge in [0, 0.05) is 0 Å². The zero-order chi connectivity index (χ0) is 11.6. The van der Waals surface area contributed by atoms with Crippen molar-refractivity contribution >= 4 is 5.91 Å². The van der Waals surface area contributed by atoms with Gasteiger partial charge in [0.05, 0.1) is 18.2 Å². The van der Waals surface area contributed by atoms with Crippen LogP contribution in [0.2, 0.25) is 0 Å². The molecule has 1 atom stereocenters. The van der Waals surface area contributed by atoms with Gasteiger partial charge in [0.1, 0.15) is 0 Å². The van der Waals surface area contributed by atoms with E-state index in [0.717, 1.165) is 18.4 Å². The van der Waals surface area contributed by atoms with Crippen molar-refractivity contribution in [1.29, 1.82) is 0 Å². The molecular weight excluding hydrogens is 204 g/mol. The molecule has 0 saturated heterocycles. The van der Waals surface area contributed by atoms with Gasteiger partial charge in [-0.3, -0.25) is 4.79 Å². The molecule has 0 aliphatic heterocycles. The molecule has 1 amide bonds. The van der Waals surface area contributed by atoms with Gasteiger partial charge in [-0.2, -0.15) is 0 Å². The van der Waals surface area contributed by atoms with Gasteiger partial charge in [-0.15, -0.1) is 0 Å². The average Bonchev–Trinajstić information content (AvgIpc) is 3.06. The smallest absolute Gasteiger partial charge is 0.240 e. The van der Waals surface area contributed by atoms with Gasteiger partial charge in [-0.05, 0) is 18.4 Å². The fraction of sp³-hybridized carbons (Fsp3) is 0.417. The van der Waals surface area contributed by atoms with Crippen molar-refractivity contribution in [2.45, 2.75) is 24.4 Å². The second-order valence-electron chi connectivity index (χ2n) is 4.28. The number of carbonyl (C=O) groups excluding carboxylic acids is 1. The zero-order valence-electron chi connectivity index (χ0n) is 9.02. The summed E-state index contributed by atoms with van der Waals surface area (Å²) in [5, 5.41) is 12.0. The summed E-state index contributed by atoms with van der Waals surface area (Å²) in [6.07, 6.45) is 1.46. The van der Waals surface area contributed by atoms with Crippen LogP contribution < -0.4 is 11.1 Å². The number of nitrogens with one attached hydrogen (secondary N) is 1. The van der Waals surface area contributed by atoms with Gasteiger partial charge in [0.25, 0.3) is 0 Å². The first-order valence-electron chi connectivity index (χ1n) is 5.41. The highest BCUT2D eigenvalue weighted by molar-refractivity contribution is 5.89. The van der Waals surface area contributed by atoms with E-state index >= 15 is 0 Å². The van der Waals surface area contributed by atoms with Crippen molar-refractivity contribution in [2.24, 2.45) is 5.73 Å². The molecule has 1 aliphatic rings. The minimum Gasteiger partial charge on any atom is -0.394 e. The summed E-state index contributed by atoms with van der Waals surface area (Å²) >= 11 is 0. The molecule has 4 N–H and O–H groups in total. The van der Waals surface area contributed by atoms with Crippen molar-refractivity contribution in [2.75, 3.05) is 6.61 Å². The summed E-state index contributed by atoms with van der Waals surface area (Å²) in [7, 11) is 0. The molecule has 4 nitrogen and oxygen atoms in total. The number of hydrogen-bond acceptors (Lipinski definition) is 3. The summed E-state index contributed by atoms with van der Waals surface area (Å²) in [6, 6.07) is 9.02. The average molecular weight is 220 g/mol. The quantitative estimate of drug-likeness (QED) is 0.684. The largest absolute Gasteiger partial charge is 0.394 e. The van der Waals surface area contributed by atoms with E-state index in [-0.39, 0.29) is 18.6 Å². The lowest BCUT2D eigenvalue weighted by Gasteiger charge is -2.19. The minimum absolute atomic E-state index is 0.119. The lowest BCUT2D eigenvalue weighted by molar-refractivity contribution is -0.124.